The van der Waals surface area contributed by atoms with Crippen molar-refractivity contribution in [2.45, 2.75) is 31.1 Å². The first-order chi connectivity index (χ1) is 11.3. The number of hydrogen-bond donors (Lipinski definition) is 1. The van der Waals surface area contributed by atoms with Gasteiger partial charge in [-0.3, -0.25) is 4.79 Å². The number of nitrogens with zero attached hydrogens (tertiary/aromatic N) is 1. The van der Waals surface area contributed by atoms with Crippen molar-refractivity contribution in [2.24, 2.45) is 0 Å². The van der Waals surface area contributed by atoms with Crippen LogP contribution in [0.5, 0.6) is 0 Å². The Labute approximate surface area is 144 Å². The highest BCUT2D eigenvalue weighted by atomic mass is 32.2. The van der Waals surface area contributed by atoms with Crippen LogP contribution in [-0.2, 0) is 16.9 Å². The third-order valence-corrected chi connectivity index (χ3v) is 6.80. The molecule has 1 atom stereocenters. The standard InChI is InChI=1S/C17H20N2O2S2/c20-16(18-10-12-4-3-8-21-12)15-13-5-9-22-11-14(13)23-17(15)19-6-1-2-7-19/h1-2,6-7,12H,3-5,8-11H2,(H,18,20)/t12-/m1/s1. The molecule has 1 N–H and O–H groups in total. The fourth-order valence-corrected chi connectivity index (χ4v) is 5.65. The van der Waals surface area contributed by atoms with E-state index in [2.05, 4.69) is 9.88 Å². The van der Waals surface area contributed by atoms with E-state index in [9.17, 15) is 4.79 Å². The maximum atomic E-state index is 12.9. The molecule has 0 saturated carbocycles. The number of ether oxygens (including phenoxy) is 1. The predicted octanol–water partition coefficient (Wildman–Crippen LogP) is 3.24. The lowest BCUT2D eigenvalue weighted by molar-refractivity contribution is 0.0857. The number of nitrogens with one attached hydrogen (secondary N) is 1. The summed E-state index contributed by atoms with van der Waals surface area (Å²) in [4.78, 5) is 14.2. The maximum absolute atomic E-state index is 12.9. The highest BCUT2D eigenvalue weighted by Gasteiger charge is 2.27. The number of rotatable bonds is 4. The molecule has 0 radical (unpaired) electrons. The van der Waals surface area contributed by atoms with Gasteiger partial charge in [-0.15, -0.1) is 11.3 Å². The van der Waals surface area contributed by atoms with Gasteiger partial charge >= 0.3 is 0 Å². The van der Waals surface area contributed by atoms with Crippen LogP contribution in [0.1, 0.15) is 33.6 Å². The zero-order valence-corrected chi connectivity index (χ0v) is 14.5. The van der Waals surface area contributed by atoms with Crippen LogP contribution in [0.2, 0.25) is 0 Å². The first-order valence-electron chi connectivity index (χ1n) is 8.08. The van der Waals surface area contributed by atoms with Gasteiger partial charge in [0.2, 0.25) is 0 Å². The minimum atomic E-state index is 0.0496. The van der Waals surface area contributed by atoms with Gasteiger partial charge in [-0.1, -0.05) is 0 Å². The smallest absolute Gasteiger partial charge is 0.254 e. The molecule has 6 heteroatoms. The lowest BCUT2D eigenvalue weighted by Gasteiger charge is -2.15. The summed E-state index contributed by atoms with van der Waals surface area (Å²) in [6.07, 6.45) is 7.34. The van der Waals surface area contributed by atoms with Crippen molar-refractivity contribution in [3.8, 4) is 5.00 Å². The van der Waals surface area contributed by atoms with Crippen molar-refractivity contribution in [1.29, 1.82) is 0 Å². The lowest BCUT2D eigenvalue weighted by atomic mass is 10.1. The minimum Gasteiger partial charge on any atom is -0.376 e. The average Bonchev–Trinajstić information content (AvgIpc) is 3.31. The first kappa shape index (κ1) is 15.3. The number of fused-ring (bicyclic) bond motifs is 1. The highest BCUT2D eigenvalue weighted by Crippen LogP contribution is 2.38. The van der Waals surface area contributed by atoms with E-state index >= 15 is 0 Å². The average molecular weight is 348 g/mol. The van der Waals surface area contributed by atoms with Crippen LogP contribution in [0.25, 0.3) is 5.00 Å². The molecule has 0 aromatic carbocycles. The van der Waals surface area contributed by atoms with E-state index in [1.165, 1.54) is 10.4 Å². The van der Waals surface area contributed by atoms with E-state index in [1.807, 2.05) is 36.3 Å². The van der Waals surface area contributed by atoms with Gasteiger partial charge in [-0.2, -0.15) is 11.8 Å². The van der Waals surface area contributed by atoms with Crippen LogP contribution in [0.4, 0.5) is 0 Å². The number of carbonyl (C=O) groups is 1. The number of hydrogen-bond acceptors (Lipinski definition) is 4. The molecule has 122 valence electrons. The fraction of sp³-hybridized carbons (Fsp3) is 0.471. The van der Waals surface area contributed by atoms with Gasteiger partial charge in [0.15, 0.2) is 0 Å². The van der Waals surface area contributed by atoms with Crippen LogP contribution in [-0.4, -0.2) is 35.5 Å². The summed E-state index contributed by atoms with van der Waals surface area (Å²) < 4.78 is 7.68. The van der Waals surface area contributed by atoms with Gasteiger partial charge in [0.05, 0.1) is 11.7 Å². The van der Waals surface area contributed by atoms with Gasteiger partial charge in [0, 0.05) is 36.2 Å². The van der Waals surface area contributed by atoms with Crippen LogP contribution < -0.4 is 5.32 Å². The molecule has 1 saturated heterocycles. The molecule has 2 aromatic rings. The largest absolute Gasteiger partial charge is 0.376 e. The molecule has 2 aliphatic rings. The summed E-state index contributed by atoms with van der Waals surface area (Å²) in [6, 6.07) is 4.00. The molecule has 4 rings (SSSR count). The van der Waals surface area contributed by atoms with Gasteiger partial charge in [-0.05, 0) is 42.7 Å². The predicted molar refractivity (Wildman–Crippen MR) is 94.8 cm³/mol. The summed E-state index contributed by atoms with van der Waals surface area (Å²) >= 11 is 3.71. The Kier molecular flexibility index (Phi) is 4.46. The highest BCUT2D eigenvalue weighted by molar-refractivity contribution is 7.98. The third kappa shape index (κ3) is 3.07. The van der Waals surface area contributed by atoms with E-state index in [-0.39, 0.29) is 12.0 Å². The quantitative estimate of drug-likeness (QED) is 0.922. The van der Waals surface area contributed by atoms with E-state index < -0.39 is 0 Å². The van der Waals surface area contributed by atoms with Gasteiger partial charge < -0.3 is 14.6 Å². The van der Waals surface area contributed by atoms with Crippen LogP contribution in [0.3, 0.4) is 0 Å². The zero-order chi connectivity index (χ0) is 15.6. The molecule has 0 unspecified atom stereocenters. The number of aromatic nitrogens is 1. The summed E-state index contributed by atoms with van der Waals surface area (Å²) in [5.41, 5.74) is 2.13. The fourth-order valence-electron chi connectivity index (χ4n) is 3.20. The molecule has 0 aliphatic carbocycles. The Hall–Kier alpha value is -1.24. The summed E-state index contributed by atoms with van der Waals surface area (Å²) in [7, 11) is 0. The van der Waals surface area contributed by atoms with Crippen molar-refractivity contribution in [2.75, 3.05) is 18.9 Å². The molecule has 4 nitrogen and oxygen atoms in total. The second kappa shape index (κ2) is 6.71. The molecular weight excluding hydrogens is 328 g/mol. The molecule has 2 aliphatic heterocycles. The third-order valence-electron chi connectivity index (χ3n) is 4.38. The molecule has 1 fully saturated rings. The minimum absolute atomic E-state index is 0.0496. The number of carbonyl (C=O) groups excluding carboxylic acids is 1. The van der Waals surface area contributed by atoms with Crippen molar-refractivity contribution >= 4 is 29.0 Å². The molecule has 2 aromatic heterocycles. The second-order valence-electron chi connectivity index (χ2n) is 5.92. The number of thioether (sulfide) groups is 1. The molecular formula is C17H20N2O2S2. The normalized spacial score (nSPS) is 20.4. The van der Waals surface area contributed by atoms with Gasteiger partial charge in [0.25, 0.3) is 5.91 Å². The number of thiophene rings is 1. The van der Waals surface area contributed by atoms with Gasteiger partial charge in [-0.25, -0.2) is 0 Å². The second-order valence-corrected chi connectivity index (χ2v) is 8.11. The molecule has 1 amide bonds. The Balaban J connectivity index is 1.62. The Morgan fingerprint density at radius 1 is 1.39 bits per heavy atom. The zero-order valence-electron chi connectivity index (χ0n) is 12.9. The Morgan fingerprint density at radius 3 is 3.04 bits per heavy atom. The monoisotopic (exact) mass is 348 g/mol. The van der Waals surface area contributed by atoms with E-state index in [0.717, 1.165) is 47.9 Å². The van der Waals surface area contributed by atoms with Crippen molar-refractivity contribution in [3.63, 3.8) is 0 Å². The van der Waals surface area contributed by atoms with E-state index in [1.54, 1.807) is 11.3 Å². The van der Waals surface area contributed by atoms with Crippen LogP contribution >= 0.6 is 23.1 Å². The van der Waals surface area contributed by atoms with Crippen molar-refractivity contribution in [1.82, 2.24) is 9.88 Å². The topological polar surface area (TPSA) is 43.3 Å². The lowest BCUT2D eigenvalue weighted by Crippen LogP contribution is -2.32. The van der Waals surface area contributed by atoms with Gasteiger partial charge in [0.1, 0.15) is 5.00 Å². The SMILES string of the molecule is O=C(NC[C@H]1CCCO1)c1c(-n2cccc2)sc2c1CCSC2. The maximum Gasteiger partial charge on any atom is 0.254 e. The molecule has 0 spiro atoms. The summed E-state index contributed by atoms with van der Waals surface area (Å²) in [5.74, 6) is 2.17. The Morgan fingerprint density at radius 2 is 2.26 bits per heavy atom. The van der Waals surface area contributed by atoms with Crippen molar-refractivity contribution < 1.29 is 9.53 Å². The summed E-state index contributed by atoms with van der Waals surface area (Å²) in [5, 5.41) is 4.15. The van der Waals surface area contributed by atoms with Crippen molar-refractivity contribution in [3.05, 3.63) is 40.5 Å². The van der Waals surface area contributed by atoms with E-state index in [0.29, 0.717) is 6.54 Å². The van der Waals surface area contributed by atoms with Crippen LogP contribution in [0, 0.1) is 0 Å². The molecule has 23 heavy (non-hydrogen) atoms. The first-order valence-corrected chi connectivity index (χ1v) is 10.1. The van der Waals surface area contributed by atoms with E-state index in [4.69, 9.17) is 4.74 Å². The van der Waals surface area contributed by atoms with Crippen LogP contribution in [0.15, 0.2) is 24.5 Å². The molecule has 0 bridgehead atoms. The number of amides is 1. The molecule has 4 heterocycles. The summed E-state index contributed by atoms with van der Waals surface area (Å²) in [6.45, 7) is 1.43. The Bertz CT molecular complexity index is 688.